The van der Waals surface area contributed by atoms with E-state index in [1.807, 2.05) is 12.3 Å². The van der Waals surface area contributed by atoms with Gasteiger partial charge in [0.05, 0.1) is 10.7 Å². The zero-order valence-corrected chi connectivity index (χ0v) is 13.5. The predicted molar refractivity (Wildman–Crippen MR) is 87.8 cm³/mol. The van der Waals surface area contributed by atoms with Crippen molar-refractivity contribution in [3.05, 3.63) is 40.5 Å². The highest BCUT2D eigenvalue weighted by Crippen LogP contribution is 2.21. The minimum absolute atomic E-state index is 0.572. The maximum absolute atomic E-state index is 4.57. The van der Waals surface area contributed by atoms with Gasteiger partial charge in [0, 0.05) is 37.3 Å². The summed E-state index contributed by atoms with van der Waals surface area (Å²) in [6, 6.07) is 6.71. The number of thiazole rings is 1. The van der Waals surface area contributed by atoms with E-state index >= 15 is 0 Å². The number of pyridine rings is 1. The Kier molecular flexibility index (Phi) is 4.51. The maximum Gasteiger partial charge on any atom is 0.128 e. The van der Waals surface area contributed by atoms with E-state index in [1.165, 1.54) is 18.5 Å². The number of likely N-dealkylation sites (N-methyl/N-ethyl adjacent to an activating group) is 1. The summed E-state index contributed by atoms with van der Waals surface area (Å²) in [5, 5.41) is 3.32. The molecule has 4 nitrogen and oxygen atoms in total. The van der Waals surface area contributed by atoms with Crippen molar-refractivity contribution in [3.63, 3.8) is 0 Å². The zero-order chi connectivity index (χ0) is 14.7. The van der Waals surface area contributed by atoms with Gasteiger partial charge in [-0.1, -0.05) is 6.07 Å². The summed E-state index contributed by atoms with van der Waals surface area (Å²) in [6.07, 6.45) is 4.35. The average Bonchev–Trinajstić information content (AvgIpc) is 2.93. The lowest BCUT2D eigenvalue weighted by Crippen LogP contribution is -2.46. The monoisotopic (exact) mass is 302 g/mol. The average molecular weight is 302 g/mol. The summed E-state index contributed by atoms with van der Waals surface area (Å²) in [5.74, 6) is 1.10. The Morgan fingerprint density at radius 2 is 2.33 bits per heavy atom. The van der Waals surface area contributed by atoms with E-state index in [2.05, 4.69) is 51.3 Å². The highest BCUT2D eigenvalue weighted by atomic mass is 32.1. The second-order valence-electron chi connectivity index (χ2n) is 5.70. The maximum atomic E-state index is 4.57. The standard InChI is InChI=1S/C16H22N4S/c1-13-18-14(12-21-13)10-19(2)15-6-5-9-20(11-15)16-7-3-4-8-17-16/h3-4,7-8,12,15H,5-6,9-11H2,1-2H3. The summed E-state index contributed by atoms with van der Waals surface area (Å²) in [4.78, 5) is 13.9. The predicted octanol–water partition coefficient (Wildman–Crippen LogP) is 2.95. The number of anilines is 1. The van der Waals surface area contributed by atoms with Crippen molar-refractivity contribution >= 4 is 17.2 Å². The lowest BCUT2D eigenvalue weighted by Gasteiger charge is -2.38. The molecule has 1 saturated heterocycles. The number of hydrogen-bond acceptors (Lipinski definition) is 5. The molecule has 112 valence electrons. The van der Waals surface area contributed by atoms with Crippen molar-refractivity contribution in [1.29, 1.82) is 0 Å². The largest absolute Gasteiger partial charge is 0.355 e. The van der Waals surface area contributed by atoms with E-state index in [1.54, 1.807) is 11.3 Å². The molecule has 2 aromatic heterocycles. The SMILES string of the molecule is Cc1nc(CN(C)C2CCCN(c3ccccn3)C2)cs1. The molecule has 0 amide bonds. The molecule has 2 aromatic rings. The van der Waals surface area contributed by atoms with E-state index in [0.29, 0.717) is 6.04 Å². The molecule has 21 heavy (non-hydrogen) atoms. The van der Waals surface area contributed by atoms with Gasteiger partial charge in [-0.05, 0) is 38.9 Å². The second-order valence-corrected chi connectivity index (χ2v) is 6.77. The third-order valence-corrected chi connectivity index (χ3v) is 4.89. The lowest BCUT2D eigenvalue weighted by atomic mass is 10.0. The van der Waals surface area contributed by atoms with Gasteiger partial charge in [0.1, 0.15) is 5.82 Å². The molecular weight excluding hydrogens is 280 g/mol. The number of aryl methyl sites for hydroxylation is 1. The Morgan fingerprint density at radius 3 is 3.05 bits per heavy atom. The molecule has 0 N–H and O–H groups in total. The van der Waals surface area contributed by atoms with Gasteiger partial charge >= 0.3 is 0 Å². The quantitative estimate of drug-likeness (QED) is 0.869. The Hall–Kier alpha value is -1.46. The highest BCUT2D eigenvalue weighted by Gasteiger charge is 2.24. The summed E-state index contributed by atoms with van der Waals surface area (Å²) in [6.45, 7) is 5.16. The van der Waals surface area contributed by atoms with Crippen LogP contribution in [0.25, 0.3) is 0 Å². The van der Waals surface area contributed by atoms with Crippen molar-refractivity contribution in [2.75, 3.05) is 25.0 Å². The smallest absolute Gasteiger partial charge is 0.128 e. The molecule has 3 rings (SSSR count). The number of piperidine rings is 1. The van der Waals surface area contributed by atoms with Gasteiger partial charge in [-0.25, -0.2) is 9.97 Å². The van der Waals surface area contributed by atoms with Crippen LogP contribution in [0.3, 0.4) is 0 Å². The van der Waals surface area contributed by atoms with Gasteiger partial charge in [0.2, 0.25) is 0 Å². The number of hydrogen-bond donors (Lipinski definition) is 0. The lowest BCUT2D eigenvalue weighted by molar-refractivity contribution is 0.205. The van der Waals surface area contributed by atoms with E-state index < -0.39 is 0 Å². The molecule has 0 aliphatic carbocycles. The van der Waals surface area contributed by atoms with Crippen molar-refractivity contribution in [1.82, 2.24) is 14.9 Å². The summed E-state index contributed by atoms with van der Waals surface area (Å²) < 4.78 is 0. The fourth-order valence-electron chi connectivity index (χ4n) is 2.93. The molecular formula is C16H22N4S. The van der Waals surface area contributed by atoms with Gasteiger partial charge in [-0.3, -0.25) is 4.90 Å². The molecule has 0 radical (unpaired) electrons. The van der Waals surface area contributed by atoms with E-state index in [9.17, 15) is 0 Å². The molecule has 0 saturated carbocycles. The Labute approximate surface area is 130 Å². The first kappa shape index (κ1) is 14.5. The van der Waals surface area contributed by atoms with Crippen LogP contribution in [0.15, 0.2) is 29.8 Å². The third kappa shape index (κ3) is 3.60. The summed E-state index contributed by atoms with van der Waals surface area (Å²) >= 11 is 1.73. The molecule has 1 aliphatic heterocycles. The fraction of sp³-hybridized carbons (Fsp3) is 0.500. The molecule has 0 aromatic carbocycles. The highest BCUT2D eigenvalue weighted by molar-refractivity contribution is 7.09. The van der Waals surface area contributed by atoms with Gasteiger partial charge in [-0.2, -0.15) is 0 Å². The van der Waals surface area contributed by atoms with Gasteiger partial charge in [0.25, 0.3) is 0 Å². The Morgan fingerprint density at radius 1 is 1.43 bits per heavy atom. The molecule has 1 aliphatic rings. The van der Waals surface area contributed by atoms with Crippen LogP contribution in [-0.2, 0) is 6.54 Å². The molecule has 1 fully saturated rings. The molecule has 0 spiro atoms. The van der Waals surface area contributed by atoms with Crippen molar-refractivity contribution in [3.8, 4) is 0 Å². The molecule has 1 atom stereocenters. The first-order valence-corrected chi connectivity index (χ1v) is 8.37. The molecule has 3 heterocycles. The van der Waals surface area contributed by atoms with Crippen LogP contribution in [0.5, 0.6) is 0 Å². The number of aromatic nitrogens is 2. The second kappa shape index (κ2) is 6.54. The van der Waals surface area contributed by atoms with Crippen LogP contribution in [0, 0.1) is 6.92 Å². The van der Waals surface area contributed by atoms with Crippen molar-refractivity contribution in [2.24, 2.45) is 0 Å². The van der Waals surface area contributed by atoms with Gasteiger partial charge < -0.3 is 4.90 Å². The first-order chi connectivity index (χ1) is 10.2. The van der Waals surface area contributed by atoms with Crippen molar-refractivity contribution < 1.29 is 0 Å². The van der Waals surface area contributed by atoms with E-state index in [-0.39, 0.29) is 0 Å². The van der Waals surface area contributed by atoms with Crippen LogP contribution in [0.2, 0.25) is 0 Å². The number of rotatable bonds is 4. The molecule has 0 bridgehead atoms. The topological polar surface area (TPSA) is 32.3 Å². The first-order valence-electron chi connectivity index (χ1n) is 7.49. The van der Waals surface area contributed by atoms with Crippen molar-refractivity contribution in [2.45, 2.75) is 32.4 Å². The van der Waals surface area contributed by atoms with E-state index in [4.69, 9.17) is 0 Å². The zero-order valence-electron chi connectivity index (χ0n) is 12.7. The summed E-state index contributed by atoms with van der Waals surface area (Å²) in [5.41, 5.74) is 1.19. The minimum Gasteiger partial charge on any atom is -0.355 e. The summed E-state index contributed by atoms with van der Waals surface area (Å²) in [7, 11) is 2.21. The van der Waals surface area contributed by atoms with Crippen LogP contribution in [0.4, 0.5) is 5.82 Å². The minimum atomic E-state index is 0.572. The van der Waals surface area contributed by atoms with E-state index in [0.717, 1.165) is 30.5 Å². The van der Waals surface area contributed by atoms with Gasteiger partial charge in [-0.15, -0.1) is 11.3 Å². The van der Waals surface area contributed by atoms with Crippen LogP contribution in [-0.4, -0.2) is 41.0 Å². The number of nitrogens with zero attached hydrogens (tertiary/aromatic N) is 4. The third-order valence-electron chi connectivity index (χ3n) is 4.07. The molecule has 5 heteroatoms. The van der Waals surface area contributed by atoms with Crippen LogP contribution in [0.1, 0.15) is 23.5 Å². The fourth-order valence-corrected chi connectivity index (χ4v) is 3.53. The normalized spacial score (nSPS) is 19.2. The van der Waals surface area contributed by atoms with Crippen LogP contribution < -0.4 is 4.90 Å². The Bertz CT molecular complexity index is 569. The van der Waals surface area contributed by atoms with Crippen LogP contribution >= 0.6 is 11.3 Å². The molecule has 1 unspecified atom stereocenters. The Balaban J connectivity index is 1.62. The van der Waals surface area contributed by atoms with Gasteiger partial charge in [0.15, 0.2) is 0 Å².